The maximum Gasteiger partial charge on any atom is 0.254 e. The zero-order valence-electron chi connectivity index (χ0n) is 19.7. The van der Waals surface area contributed by atoms with Crippen LogP contribution < -0.4 is 10.6 Å². The smallest absolute Gasteiger partial charge is 0.254 e. The molecule has 3 fully saturated rings. The van der Waals surface area contributed by atoms with E-state index in [1.54, 1.807) is 23.1 Å². The molecule has 8 nitrogen and oxygen atoms in total. The van der Waals surface area contributed by atoms with Gasteiger partial charge in [0.15, 0.2) is 17.2 Å². The number of nitrogens with one attached hydrogen (secondary N) is 2. The Morgan fingerprint density at radius 3 is 2.61 bits per heavy atom. The van der Waals surface area contributed by atoms with E-state index in [4.69, 9.17) is 4.42 Å². The molecular weight excluding hydrogens is 468 g/mol. The van der Waals surface area contributed by atoms with E-state index in [2.05, 4.69) is 20.5 Å². The Bertz CT molecular complexity index is 1320. The second-order valence-electron chi connectivity index (χ2n) is 9.73. The molecule has 10 heteroatoms. The number of carbonyl (C=O) groups is 2. The molecule has 6 rings (SSSR count). The van der Waals surface area contributed by atoms with Gasteiger partial charge in [0, 0.05) is 43.3 Å². The van der Waals surface area contributed by atoms with Crippen LogP contribution >= 0.6 is 0 Å². The lowest BCUT2D eigenvalue weighted by molar-refractivity contribution is -0.134. The number of rotatable bonds is 3. The lowest BCUT2D eigenvalue weighted by atomic mass is 9.82. The van der Waals surface area contributed by atoms with Gasteiger partial charge in [0.05, 0.1) is 5.92 Å². The van der Waals surface area contributed by atoms with Crippen LogP contribution in [0.4, 0.5) is 8.78 Å². The molecule has 1 aliphatic carbocycles. The van der Waals surface area contributed by atoms with Crippen LogP contribution in [0.3, 0.4) is 0 Å². The van der Waals surface area contributed by atoms with Crippen LogP contribution in [-0.4, -0.2) is 65.1 Å². The summed E-state index contributed by atoms with van der Waals surface area (Å²) in [5, 5.41) is 6.71. The van der Waals surface area contributed by atoms with Gasteiger partial charge in [-0.15, -0.1) is 0 Å². The summed E-state index contributed by atoms with van der Waals surface area (Å²) in [5.41, 5.74) is 1.71. The van der Waals surface area contributed by atoms with Crippen molar-refractivity contribution in [3.8, 4) is 11.5 Å². The summed E-state index contributed by atoms with van der Waals surface area (Å²) in [4.78, 5) is 34.1. The van der Waals surface area contributed by atoms with Gasteiger partial charge in [-0.05, 0) is 49.2 Å². The molecule has 3 heterocycles. The summed E-state index contributed by atoms with van der Waals surface area (Å²) in [6.07, 6.45) is 4.02. The summed E-state index contributed by atoms with van der Waals surface area (Å²) in [6, 6.07) is 8.69. The first kappa shape index (κ1) is 23.1. The third kappa shape index (κ3) is 4.24. The Morgan fingerprint density at radius 2 is 1.81 bits per heavy atom. The molecule has 0 bridgehead atoms. The molecule has 2 N–H and O–H groups in total. The zero-order valence-corrected chi connectivity index (χ0v) is 19.7. The average Bonchev–Trinajstić information content (AvgIpc) is 3.33. The van der Waals surface area contributed by atoms with Crippen molar-refractivity contribution in [3.05, 3.63) is 53.6 Å². The van der Waals surface area contributed by atoms with E-state index in [9.17, 15) is 18.4 Å². The van der Waals surface area contributed by atoms with Crippen LogP contribution in [0.2, 0.25) is 0 Å². The second kappa shape index (κ2) is 9.25. The van der Waals surface area contributed by atoms with Crippen molar-refractivity contribution in [3.63, 3.8) is 0 Å². The van der Waals surface area contributed by atoms with Crippen molar-refractivity contribution < 1.29 is 22.8 Å². The molecule has 188 valence electrons. The maximum absolute atomic E-state index is 13.6. The Hall–Kier alpha value is -3.37. The summed E-state index contributed by atoms with van der Waals surface area (Å²) < 4.78 is 32.6. The van der Waals surface area contributed by atoms with Gasteiger partial charge in [-0.1, -0.05) is 12.8 Å². The molecule has 1 saturated carbocycles. The highest BCUT2D eigenvalue weighted by Crippen LogP contribution is 2.29. The van der Waals surface area contributed by atoms with E-state index < -0.39 is 11.6 Å². The fraction of sp³-hybridized carbons (Fsp3) is 0.423. The number of nitrogens with zero attached hydrogens (tertiary/aromatic N) is 3. The molecule has 2 aromatic carbocycles. The highest BCUT2D eigenvalue weighted by molar-refractivity contribution is 5.97. The van der Waals surface area contributed by atoms with Gasteiger partial charge >= 0.3 is 0 Å². The quantitative estimate of drug-likeness (QED) is 0.581. The monoisotopic (exact) mass is 495 g/mol. The predicted molar refractivity (Wildman–Crippen MR) is 128 cm³/mol. The van der Waals surface area contributed by atoms with Gasteiger partial charge in [-0.2, -0.15) is 0 Å². The van der Waals surface area contributed by atoms with E-state index in [1.807, 2.05) is 0 Å². The van der Waals surface area contributed by atoms with Gasteiger partial charge in [-0.3, -0.25) is 19.8 Å². The topological polar surface area (TPSA) is 90.7 Å². The molecule has 36 heavy (non-hydrogen) atoms. The molecule has 0 spiro atoms. The van der Waals surface area contributed by atoms with Crippen LogP contribution in [0.5, 0.6) is 0 Å². The van der Waals surface area contributed by atoms with E-state index >= 15 is 0 Å². The Balaban J connectivity index is 1.12. The molecular formula is C26H27F2N5O3. The summed E-state index contributed by atoms with van der Waals surface area (Å²) in [5.74, 6) is -1.69. The first-order valence-electron chi connectivity index (χ1n) is 12.4. The van der Waals surface area contributed by atoms with Crippen LogP contribution in [0.15, 0.2) is 40.8 Å². The fourth-order valence-electron chi connectivity index (χ4n) is 5.50. The summed E-state index contributed by atoms with van der Waals surface area (Å²) in [6.45, 7) is 2.36. The van der Waals surface area contributed by atoms with Crippen molar-refractivity contribution in [2.24, 2.45) is 5.92 Å². The Kier molecular flexibility index (Phi) is 5.93. The number of amides is 2. The molecule has 2 aliphatic heterocycles. The zero-order chi connectivity index (χ0) is 24.8. The third-order valence-electron chi connectivity index (χ3n) is 7.52. The van der Waals surface area contributed by atoms with Crippen molar-refractivity contribution in [2.75, 3.05) is 26.2 Å². The first-order chi connectivity index (χ1) is 17.5. The molecule has 1 aromatic heterocycles. The summed E-state index contributed by atoms with van der Waals surface area (Å²) >= 11 is 0. The number of carbonyl (C=O) groups excluding carboxylic acids is 2. The fourth-order valence-corrected chi connectivity index (χ4v) is 5.50. The van der Waals surface area contributed by atoms with E-state index in [1.165, 1.54) is 6.07 Å². The maximum atomic E-state index is 13.6. The number of halogens is 2. The van der Waals surface area contributed by atoms with Gasteiger partial charge in [-0.25, -0.2) is 13.8 Å². The van der Waals surface area contributed by atoms with Crippen molar-refractivity contribution in [1.29, 1.82) is 0 Å². The minimum atomic E-state index is -0.980. The number of fused-ring (bicyclic) bond motifs is 2. The first-order valence-corrected chi connectivity index (χ1v) is 12.4. The number of hydrogen-bond donors (Lipinski definition) is 2. The minimum absolute atomic E-state index is 0.0615. The minimum Gasteiger partial charge on any atom is -0.436 e. The lowest BCUT2D eigenvalue weighted by Gasteiger charge is -2.46. The number of hydrogen-bond acceptors (Lipinski definition) is 6. The van der Waals surface area contributed by atoms with Crippen molar-refractivity contribution in [2.45, 2.75) is 38.0 Å². The average molecular weight is 496 g/mol. The van der Waals surface area contributed by atoms with Crippen LogP contribution in [-0.2, 0) is 4.79 Å². The van der Waals surface area contributed by atoms with Gasteiger partial charge in [0.1, 0.15) is 11.8 Å². The second-order valence-corrected chi connectivity index (χ2v) is 9.73. The van der Waals surface area contributed by atoms with Gasteiger partial charge in [0.25, 0.3) is 5.91 Å². The Morgan fingerprint density at radius 1 is 1.00 bits per heavy atom. The Labute approximate surface area is 206 Å². The van der Waals surface area contributed by atoms with Crippen LogP contribution in [0.25, 0.3) is 22.6 Å². The molecule has 3 unspecified atom stereocenters. The lowest BCUT2D eigenvalue weighted by Crippen LogP contribution is -2.69. The van der Waals surface area contributed by atoms with E-state index in [-0.39, 0.29) is 36.0 Å². The molecule has 3 aliphatic rings. The normalized spacial score (nSPS) is 25.0. The number of aromatic nitrogens is 1. The van der Waals surface area contributed by atoms with E-state index in [0.717, 1.165) is 37.8 Å². The largest absolute Gasteiger partial charge is 0.436 e. The number of benzene rings is 2. The molecule has 0 radical (unpaired) electrons. The van der Waals surface area contributed by atoms with Gasteiger partial charge < -0.3 is 14.6 Å². The van der Waals surface area contributed by atoms with Gasteiger partial charge in [0.2, 0.25) is 11.8 Å². The molecule has 2 amide bonds. The van der Waals surface area contributed by atoms with Crippen molar-refractivity contribution >= 4 is 22.9 Å². The predicted octanol–water partition coefficient (Wildman–Crippen LogP) is 3.09. The summed E-state index contributed by atoms with van der Waals surface area (Å²) in [7, 11) is 0. The standard InChI is InChI=1S/C26H27F2N5O3/c27-18-7-5-15(13-19(18)28)24-29-21-8-6-16(14-22(21)36-24)25(35)32-9-11-33(12-10-32)26-30-20-4-2-1-3-17(20)23(34)31-26/h5-8,13-14,17,20,26,30H,1-4,9-12H2,(H,31,34). The van der Waals surface area contributed by atoms with E-state index in [0.29, 0.717) is 48.4 Å². The van der Waals surface area contributed by atoms with Crippen LogP contribution in [0, 0.1) is 17.6 Å². The van der Waals surface area contributed by atoms with Crippen molar-refractivity contribution in [1.82, 2.24) is 25.4 Å². The number of oxazole rings is 1. The molecule has 3 aromatic rings. The SMILES string of the molecule is O=C1NC(N2CCN(C(=O)c3ccc4nc(-c5ccc(F)c(F)c5)oc4c3)CC2)NC2CCCCC12. The molecule has 3 atom stereocenters. The number of piperazine rings is 1. The molecule has 2 saturated heterocycles. The highest BCUT2D eigenvalue weighted by atomic mass is 19.2. The highest BCUT2D eigenvalue weighted by Gasteiger charge is 2.40. The third-order valence-corrected chi connectivity index (χ3v) is 7.52. The van der Waals surface area contributed by atoms with Crippen LogP contribution in [0.1, 0.15) is 36.0 Å².